The third-order valence-electron chi connectivity index (χ3n) is 5.80. The predicted molar refractivity (Wildman–Crippen MR) is 115 cm³/mol. The van der Waals surface area contributed by atoms with Gasteiger partial charge in [0.2, 0.25) is 0 Å². The van der Waals surface area contributed by atoms with E-state index in [2.05, 4.69) is 15.6 Å². The summed E-state index contributed by atoms with van der Waals surface area (Å²) in [5.41, 5.74) is 4.06. The number of pyridine rings is 1. The highest BCUT2D eigenvalue weighted by atomic mass is 16.5. The zero-order chi connectivity index (χ0) is 20.8. The molecule has 1 aliphatic rings. The highest BCUT2D eigenvalue weighted by Crippen LogP contribution is 2.33. The van der Waals surface area contributed by atoms with E-state index in [0.717, 1.165) is 33.2 Å². The fourth-order valence-corrected chi connectivity index (χ4v) is 4.39. The first-order valence-electron chi connectivity index (χ1n) is 9.97. The zero-order valence-electron chi connectivity index (χ0n) is 16.9. The summed E-state index contributed by atoms with van der Waals surface area (Å²) in [5, 5.41) is 2.28. The van der Waals surface area contributed by atoms with Crippen molar-refractivity contribution in [3.8, 4) is 5.75 Å². The lowest BCUT2D eigenvalue weighted by Crippen LogP contribution is -2.31. The van der Waals surface area contributed by atoms with Gasteiger partial charge in [0, 0.05) is 36.1 Å². The number of rotatable bonds is 5. The molecule has 0 spiro atoms. The van der Waals surface area contributed by atoms with Crippen LogP contribution in [0, 0.1) is 6.92 Å². The quantitative estimate of drug-likeness (QED) is 0.472. The second kappa shape index (κ2) is 6.99. The molecule has 2 aromatic carbocycles. The van der Waals surface area contributed by atoms with E-state index in [4.69, 9.17) is 4.74 Å². The number of ether oxygens (including phenoxy) is 1. The maximum absolute atomic E-state index is 12.6. The number of benzene rings is 2. The lowest BCUT2D eigenvalue weighted by Gasteiger charge is -2.15. The van der Waals surface area contributed by atoms with E-state index in [-0.39, 0.29) is 11.8 Å². The molecule has 0 bridgehead atoms. The Morgan fingerprint density at radius 3 is 2.37 bits per heavy atom. The van der Waals surface area contributed by atoms with Gasteiger partial charge in [-0.15, -0.1) is 0 Å². The molecule has 2 amide bonds. The molecule has 0 fully saturated rings. The molecule has 30 heavy (non-hydrogen) atoms. The van der Waals surface area contributed by atoms with Gasteiger partial charge in [-0.1, -0.05) is 12.1 Å². The summed E-state index contributed by atoms with van der Waals surface area (Å²) >= 11 is 0. The highest BCUT2D eigenvalue weighted by molar-refractivity contribution is 6.21. The van der Waals surface area contributed by atoms with Crippen LogP contribution >= 0.6 is 0 Å². The minimum Gasteiger partial charge on any atom is -0.497 e. The maximum Gasteiger partial charge on any atom is 0.261 e. The van der Waals surface area contributed by atoms with Crippen LogP contribution in [-0.2, 0) is 6.54 Å². The molecule has 2 aromatic heterocycles. The summed E-state index contributed by atoms with van der Waals surface area (Å²) in [6.07, 6.45) is 2.47. The monoisotopic (exact) mass is 399 g/mol. The van der Waals surface area contributed by atoms with Crippen LogP contribution in [0.2, 0.25) is 0 Å². The second-order valence-corrected chi connectivity index (χ2v) is 7.49. The van der Waals surface area contributed by atoms with E-state index in [0.29, 0.717) is 30.6 Å². The molecule has 3 heterocycles. The number of hydrogen-bond acceptors (Lipinski definition) is 4. The van der Waals surface area contributed by atoms with Crippen molar-refractivity contribution in [3.63, 3.8) is 0 Å². The van der Waals surface area contributed by atoms with Crippen LogP contribution in [0.15, 0.2) is 54.7 Å². The molecule has 4 aromatic rings. The minimum atomic E-state index is -0.211. The molecule has 0 saturated heterocycles. The molecule has 150 valence electrons. The molecule has 1 aliphatic heterocycles. The summed E-state index contributed by atoms with van der Waals surface area (Å²) in [4.78, 5) is 31.1. The van der Waals surface area contributed by atoms with Gasteiger partial charge in [-0.05, 0) is 43.7 Å². The van der Waals surface area contributed by atoms with E-state index in [1.807, 2.05) is 31.3 Å². The summed E-state index contributed by atoms with van der Waals surface area (Å²) < 4.78 is 7.64. The van der Waals surface area contributed by atoms with Crippen molar-refractivity contribution in [1.82, 2.24) is 14.5 Å². The standard InChI is InChI=1S/C24H21N3O3/c1-15-22-18(10-11-25-15)17-9-8-16(30-2)14-21(17)26(22)12-5-13-27-23(28)19-6-3-4-7-20(19)24(27)29/h3-4,6-11,14H,5,12-13H2,1-2H3. The van der Waals surface area contributed by atoms with Gasteiger partial charge in [0.05, 0.1) is 35.0 Å². The van der Waals surface area contributed by atoms with Crippen molar-refractivity contribution in [1.29, 1.82) is 0 Å². The van der Waals surface area contributed by atoms with Crippen molar-refractivity contribution in [2.45, 2.75) is 19.9 Å². The number of carbonyl (C=O) groups is 2. The Bertz CT molecular complexity index is 1290. The first-order valence-corrected chi connectivity index (χ1v) is 9.97. The lowest BCUT2D eigenvalue weighted by atomic mass is 10.1. The zero-order valence-corrected chi connectivity index (χ0v) is 16.9. The first kappa shape index (κ1) is 18.4. The van der Waals surface area contributed by atoms with Crippen molar-refractivity contribution in [3.05, 3.63) is 71.5 Å². The number of carbonyl (C=O) groups excluding carboxylic acids is 2. The minimum absolute atomic E-state index is 0.211. The molecule has 0 saturated carbocycles. The molecule has 0 unspecified atom stereocenters. The van der Waals surface area contributed by atoms with E-state index < -0.39 is 0 Å². The molecule has 0 radical (unpaired) electrons. The number of nitrogens with zero attached hydrogens (tertiary/aromatic N) is 3. The van der Waals surface area contributed by atoms with Crippen molar-refractivity contribution >= 4 is 33.6 Å². The maximum atomic E-state index is 12.6. The van der Waals surface area contributed by atoms with Crippen LogP contribution in [0.5, 0.6) is 5.75 Å². The number of aromatic nitrogens is 2. The van der Waals surface area contributed by atoms with Crippen LogP contribution in [-0.4, -0.2) is 39.9 Å². The number of amides is 2. The third kappa shape index (κ3) is 2.68. The van der Waals surface area contributed by atoms with Gasteiger partial charge in [-0.3, -0.25) is 19.5 Å². The molecule has 5 rings (SSSR count). The van der Waals surface area contributed by atoms with Crippen LogP contribution in [0.4, 0.5) is 0 Å². The second-order valence-electron chi connectivity index (χ2n) is 7.49. The van der Waals surface area contributed by atoms with Crippen molar-refractivity contribution in [2.75, 3.05) is 13.7 Å². The van der Waals surface area contributed by atoms with Crippen LogP contribution in [0.1, 0.15) is 32.8 Å². The summed E-state index contributed by atoms with van der Waals surface area (Å²) in [6, 6.07) is 15.1. The van der Waals surface area contributed by atoms with Gasteiger partial charge in [0.15, 0.2) is 0 Å². The number of hydrogen-bond donors (Lipinski definition) is 0. The Morgan fingerprint density at radius 2 is 1.67 bits per heavy atom. The Balaban J connectivity index is 1.47. The summed E-state index contributed by atoms with van der Waals surface area (Å²) in [6.45, 7) is 3.03. The van der Waals surface area contributed by atoms with E-state index in [9.17, 15) is 9.59 Å². The smallest absolute Gasteiger partial charge is 0.261 e. The average molecular weight is 399 g/mol. The van der Waals surface area contributed by atoms with Gasteiger partial charge in [-0.25, -0.2) is 0 Å². The third-order valence-corrected chi connectivity index (χ3v) is 5.80. The molecule has 0 N–H and O–H groups in total. The number of imide groups is 1. The van der Waals surface area contributed by atoms with Crippen molar-refractivity contribution < 1.29 is 14.3 Å². The average Bonchev–Trinajstić information content (AvgIpc) is 3.22. The van der Waals surface area contributed by atoms with Crippen LogP contribution < -0.4 is 4.74 Å². The molecular formula is C24H21N3O3. The van der Waals surface area contributed by atoms with Gasteiger partial charge >= 0.3 is 0 Å². The van der Waals surface area contributed by atoms with E-state index in [1.54, 1.807) is 31.4 Å². The Hall–Kier alpha value is -3.67. The van der Waals surface area contributed by atoms with E-state index in [1.165, 1.54) is 4.90 Å². The SMILES string of the molecule is COc1ccc2c3ccnc(C)c3n(CCCN3C(=O)c4ccccc4C3=O)c2c1. The predicted octanol–water partition coefficient (Wildman–Crippen LogP) is 4.19. The Labute approximate surface area is 173 Å². The van der Waals surface area contributed by atoms with Crippen LogP contribution in [0.3, 0.4) is 0 Å². The summed E-state index contributed by atoms with van der Waals surface area (Å²) in [7, 11) is 1.66. The number of methoxy groups -OCH3 is 1. The van der Waals surface area contributed by atoms with Gasteiger partial charge < -0.3 is 9.30 Å². The normalized spacial score (nSPS) is 13.5. The fourth-order valence-electron chi connectivity index (χ4n) is 4.39. The van der Waals surface area contributed by atoms with Crippen LogP contribution in [0.25, 0.3) is 21.8 Å². The van der Waals surface area contributed by atoms with Gasteiger partial charge in [0.25, 0.3) is 11.8 Å². The fraction of sp³-hybridized carbons (Fsp3) is 0.208. The van der Waals surface area contributed by atoms with Gasteiger partial charge in [-0.2, -0.15) is 0 Å². The Kier molecular flexibility index (Phi) is 4.28. The number of fused-ring (bicyclic) bond motifs is 4. The highest BCUT2D eigenvalue weighted by Gasteiger charge is 2.34. The Morgan fingerprint density at radius 1 is 0.933 bits per heavy atom. The largest absolute Gasteiger partial charge is 0.497 e. The first-order chi connectivity index (χ1) is 14.6. The van der Waals surface area contributed by atoms with Crippen molar-refractivity contribution in [2.24, 2.45) is 0 Å². The molecular weight excluding hydrogens is 378 g/mol. The van der Waals surface area contributed by atoms with E-state index >= 15 is 0 Å². The molecule has 6 heteroatoms. The summed E-state index contributed by atoms with van der Waals surface area (Å²) in [5.74, 6) is 0.368. The van der Waals surface area contributed by atoms with Gasteiger partial charge in [0.1, 0.15) is 5.75 Å². The molecule has 6 nitrogen and oxygen atoms in total. The molecule has 0 aliphatic carbocycles. The molecule has 0 atom stereocenters. The number of aryl methyl sites for hydroxylation is 2. The topological polar surface area (TPSA) is 64.4 Å². The lowest BCUT2D eigenvalue weighted by molar-refractivity contribution is 0.0651.